The van der Waals surface area contributed by atoms with Crippen molar-refractivity contribution in [2.24, 2.45) is 0 Å². The minimum atomic E-state index is -0.458. The summed E-state index contributed by atoms with van der Waals surface area (Å²) < 4.78 is 10.7. The number of para-hydroxylation sites is 2. The maximum absolute atomic E-state index is 11.5. The summed E-state index contributed by atoms with van der Waals surface area (Å²) in [5.41, 5.74) is 0.643. The monoisotopic (exact) mass is 344 g/mol. The van der Waals surface area contributed by atoms with Crippen molar-refractivity contribution in [1.29, 1.82) is 0 Å². The van der Waals surface area contributed by atoms with Gasteiger partial charge in [-0.3, -0.25) is 5.32 Å². The molecule has 1 aromatic rings. The molecule has 0 aliphatic heterocycles. The number of amides is 1. The van der Waals surface area contributed by atoms with E-state index in [2.05, 4.69) is 24.1 Å². The van der Waals surface area contributed by atoms with Gasteiger partial charge in [0.2, 0.25) is 0 Å². The van der Waals surface area contributed by atoms with Gasteiger partial charge in [0.05, 0.1) is 18.9 Å². The minimum Gasteiger partial charge on any atom is -0.491 e. The van der Waals surface area contributed by atoms with Crippen LogP contribution < -0.4 is 10.1 Å². The van der Waals surface area contributed by atoms with Crippen molar-refractivity contribution in [2.75, 3.05) is 38.2 Å². The maximum Gasteiger partial charge on any atom is 0.411 e. The van der Waals surface area contributed by atoms with E-state index < -0.39 is 6.09 Å². The average molecular weight is 345 g/mol. The van der Waals surface area contributed by atoms with Crippen LogP contribution in [0.25, 0.3) is 0 Å². The minimum absolute atomic E-state index is 0. The lowest BCUT2D eigenvalue weighted by Gasteiger charge is -2.17. The highest BCUT2D eigenvalue weighted by molar-refractivity contribution is 5.86. The summed E-state index contributed by atoms with van der Waals surface area (Å²) in [6.45, 7) is 10.4. The molecule has 0 saturated heterocycles. The second-order valence-electron chi connectivity index (χ2n) is 4.92. The number of carbonyl (C=O) groups is 1. The van der Waals surface area contributed by atoms with Crippen LogP contribution in [0.15, 0.2) is 24.3 Å². The van der Waals surface area contributed by atoms with Crippen LogP contribution in [0, 0.1) is 0 Å². The Labute approximate surface area is 145 Å². The number of halogens is 1. The quantitative estimate of drug-likeness (QED) is 0.647. The molecule has 0 bridgehead atoms. The summed E-state index contributed by atoms with van der Waals surface area (Å²) >= 11 is 0. The zero-order chi connectivity index (χ0) is 16.2. The van der Waals surface area contributed by atoms with E-state index in [1.807, 2.05) is 24.3 Å². The van der Waals surface area contributed by atoms with E-state index in [0.29, 0.717) is 24.7 Å². The van der Waals surface area contributed by atoms with Gasteiger partial charge in [-0.15, -0.1) is 12.4 Å². The molecule has 0 heterocycles. The number of hydrogen-bond donors (Lipinski definition) is 1. The second kappa shape index (κ2) is 13.0. The second-order valence-corrected chi connectivity index (χ2v) is 4.92. The molecular formula is C17H29ClN2O3. The van der Waals surface area contributed by atoms with E-state index in [-0.39, 0.29) is 12.4 Å². The molecule has 23 heavy (non-hydrogen) atoms. The fraction of sp³-hybridized carbons (Fsp3) is 0.588. The fourth-order valence-electron chi connectivity index (χ4n) is 2.13. The Balaban J connectivity index is 0.00000484. The first-order chi connectivity index (χ1) is 10.7. The molecule has 0 atom stereocenters. The lowest BCUT2D eigenvalue weighted by atomic mass is 10.3. The Morgan fingerprint density at radius 2 is 1.83 bits per heavy atom. The van der Waals surface area contributed by atoms with Crippen LogP contribution in [0.2, 0.25) is 0 Å². The van der Waals surface area contributed by atoms with Crippen LogP contribution in [0.4, 0.5) is 10.5 Å². The van der Waals surface area contributed by atoms with Gasteiger partial charge in [0.25, 0.3) is 0 Å². The van der Waals surface area contributed by atoms with Gasteiger partial charge in [-0.05, 0) is 51.5 Å². The Morgan fingerprint density at radius 1 is 1.13 bits per heavy atom. The molecule has 5 nitrogen and oxygen atoms in total. The number of benzene rings is 1. The van der Waals surface area contributed by atoms with Crippen molar-refractivity contribution < 1.29 is 14.3 Å². The highest BCUT2D eigenvalue weighted by atomic mass is 35.5. The number of nitrogens with zero attached hydrogens (tertiary/aromatic N) is 1. The number of nitrogens with one attached hydrogen (secondary N) is 1. The van der Waals surface area contributed by atoms with E-state index in [9.17, 15) is 4.79 Å². The van der Waals surface area contributed by atoms with Crippen LogP contribution in [-0.2, 0) is 4.74 Å². The first-order valence-electron chi connectivity index (χ1n) is 8.09. The Bertz CT molecular complexity index is 440. The average Bonchev–Trinajstić information content (AvgIpc) is 2.52. The SMILES string of the molecule is CCOC(=O)Nc1ccccc1OCCCCN(CC)CC.Cl. The molecule has 0 fully saturated rings. The van der Waals surface area contributed by atoms with E-state index in [0.717, 1.165) is 32.5 Å². The standard InChI is InChI=1S/C17H28N2O3.ClH/c1-4-19(5-2)13-9-10-14-22-16-12-8-7-11-15(16)18-17(20)21-6-3;/h7-8,11-12H,4-6,9-10,13-14H2,1-3H3,(H,18,20);1H. The molecule has 0 unspecified atom stereocenters. The van der Waals surface area contributed by atoms with Crippen LogP contribution in [0.3, 0.4) is 0 Å². The molecule has 0 saturated carbocycles. The highest BCUT2D eigenvalue weighted by Crippen LogP contribution is 2.24. The van der Waals surface area contributed by atoms with Crippen LogP contribution in [-0.4, -0.2) is 43.8 Å². The number of carbonyl (C=O) groups excluding carboxylic acids is 1. The van der Waals surface area contributed by atoms with E-state index in [1.54, 1.807) is 6.92 Å². The first-order valence-corrected chi connectivity index (χ1v) is 8.09. The summed E-state index contributed by atoms with van der Waals surface area (Å²) in [7, 11) is 0. The van der Waals surface area contributed by atoms with Crippen molar-refractivity contribution in [3.05, 3.63) is 24.3 Å². The number of unbranched alkanes of at least 4 members (excludes halogenated alkanes) is 1. The van der Waals surface area contributed by atoms with Crippen molar-refractivity contribution in [1.82, 2.24) is 4.90 Å². The maximum atomic E-state index is 11.5. The molecule has 132 valence electrons. The summed E-state index contributed by atoms with van der Waals surface area (Å²) in [5.74, 6) is 0.679. The largest absolute Gasteiger partial charge is 0.491 e. The van der Waals surface area contributed by atoms with Gasteiger partial charge in [-0.25, -0.2) is 4.79 Å². The van der Waals surface area contributed by atoms with Crippen LogP contribution in [0.5, 0.6) is 5.75 Å². The van der Waals surface area contributed by atoms with Gasteiger partial charge in [0.15, 0.2) is 0 Å². The third-order valence-electron chi connectivity index (χ3n) is 3.42. The Morgan fingerprint density at radius 3 is 2.48 bits per heavy atom. The smallest absolute Gasteiger partial charge is 0.411 e. The third kappa shape index (κ3) is 8.67. The van der Waals surface area contributed by atoms with Crippen molar-refractivity contribution >= 4 is 24.2 Å². The van der Waals surface area contributed by atoms with Crippen molar-refractivity contribution in [2.45, 2.75) is 33.6 Å². The predicted octanol–water partition coefficient (Wildman–Crippen LogP) is 4.18. The Hall–Kier alpha value is -1.46. The van der Waals surface area contributed by atoms with Gasteiger partial charge in [0, 0.05) is 0 Å². The van der Waals surface area contributed by atoms with E-state index >= 15 is 0 Å². The number of anilines is 1. The van der Waals surface area contributed by atoms with E-state index in [1.165, 1.54) is 0 Å². The molecule has 0 aromatic heterocycles. The summed E-state index contributed by atoms with van der Waals surface area (Å²) in [5, 5.41) is 2.69. The van der Waals surface area contributed by atoms with Crippen molar-refractivity contribution in [3.8, 4) is 5.75 Å². The van der Waals surface area contributed by atoms with Gasteiger partial charge in [-0.1, -0.05) is 26.0 Å². The zero-order valence-electron chi connectivity index (χ0n) is 14.3. The van der Waals surface area contributed by atoms with Gasteiger partial charge >= 0.3 is 6.09 Å². The molecule has 1 rings (SSSR count). The summed E-state index contributed by atoms with van der Waals surface area (Å²) in [4.78, 5) is 13.9. The molecule has 0 aliphatic carbocycles. The lowest BCUT2D eigenvalue weighted by molar-refractivity contribution is 0.167. The molecule has 1 aromatic carbocycles. The lowest BCUT2D eigenvalue weighted by Crippen LogP contribution is -2.24. The number of ether oxygens (including phenoxy) is 2. The zero-order valence-corrected chi connectivity index (χ0v) is 15.2. The molecule has 1 amide bonds. The molecular weight excluding hydrogens is 316 g/mol. The van der Waals surface area contributed by atoms with Crippen molar-refractivity contribution in [3.63, 3.8) is 0 Å². The Kier molecular flexibility index (Phi) is 12.2. The molecule has 0 aliphatic rings. The number of rotatable bonds is 10. The van der Waals surface area contributed by atoms with Crippen LogP contribution >= 0.6 is 12.4 Å². The van der Waals surface area contributed by atoms with Crippen LogP contribution in [0.1, 0.15) is 33.6 Å². The normalized spacial score (nSPS) is 10.1. The summed E-state index contributed by atoms with van der Waals surface area (Å²) in [6, 6.07) is 7.41. The van der Waals surface area contributed by atoms with Gasteiger partial charge in [0.1, 0.15) is 5.75 Å². The van der Waals surface area contributed by atoms with Gasteiger partial charge in [-0.2, -0.15) is 0 Å². The number of hydrogen-bond acceptors (Lipinski definition) is 4. The molecule has 1 N–H and O–H groups in total. The molecule has 0 radical (unpaired) electrons. The first kappa shape index (κ1) is 21.5. The topological polar surface area (TPSA) is 50.8 Å². The summed E-state index contributed by atoms with van der Waals surface area (Å²) in [6.07, 6.45) is 1.64. The third-order valence-corrected chi connectivity index (χ3v) is 3.42. The molecule has 6 heteroatoms. The molecule has 0 spiro atoms. The fourth-order valence-corrected chi connectivity index (χ4v) is 2.13. The predicted molar refractivity (Wildman–Crippen MR) is 96.9 cm³/mol. The van der Waals surface area contributed by atoms with Gasteiger partial charge < -0.3 is 14.4 Å². The highest BCUT2D eigenvalue weighted by Gasteiger charge is 2.07. The van der Waals surface area contributed by atoms with E-state index in [4.69, 9.17) is 9.47 Å².